The number of hydrogen-bond acceptors (Lipinski definition) is 2. The van der Waals surface area contributed by atoms with Gasteiger partial charge in [0.2, 0.25) is 0 Å². The van der Waals surface area contributed by atoms with Crippen LogP contribution in [0.2, 0.25) is 0 Å². The van der Waals surface area contributed by atoms with E-state index < -0.39 is 17.5 Å². The summed E-state index contributed by atoms with van der Waals surface area (Å²) in [6.45, 7) is 2.07. The highest BCUT2D eigenvalue weighted by Gasteiger charge is 2.12. The first kappa shape index (κ1) is 12.6. The van der Waals surface area contributed by atoms with Crippen LogP contribution in [-0.2, 0) is 6.54 Å². The number of nitrogens with one attached hydrogen (secondary N) is 2. The Morgan fingerprint density at radius 3 is 2.50 bits per heavy atom. The van der Waals surface area contributed by atoms with Crippen LogP contribution < -0.4 is 5.32 Å². The number of rotatable bonds is 4. The van der Waals surface area contributed by atoms with Crippen LogP contribution >= 0.6 is 0 Å². The quantitative estimate of drug-likeness (QED) is 0.825. The maximum absolute atomic E-state index is 13.0. The van der Waals surface area contributed by atoms with E-state index in [4.69, 9.17) is 0 Å². The number of benzene rings is 1. The molecule has 0 spiro atoms. The van der Waals surface area contributed by atoms with E-state index in [0.29, 0.717) is 5.56 Å². The molecule has 0 fully saturated rings. The Morgan fingerprint density at radius 1 is 1.28 bits per heavy atom. The molecule has 0 radical (unpaired) electrons. The summed E-state index contributed by atoms with van der Waals surface area (Å²) in [5, 5.41) is 3.03. The molecule has 1 aromatic carbocycles. The van der Waals surface area contributed by atoms with E-state index in [9.17, 15) is 13.2 Å². The van der Waals surface area contributed by atoms with Gasteiger partial charge in [0.15, 0.2) is 17.5 Å². The van der Waals surface area contributed by atoms with Crippen molar-refractivity contribution >= 4 is 0 Å². The van der Waals surface area contributed by atoms with Crippen molar-refractivity contribution in [2.24, 2.45) is 0 Å². The molecule has 0 aliphatic carbocycles. The van der Waals surface area contributed by atoms with Gasteiger partial charge in [-0.1, -0.05) is 0 Å². The molecule has 0 saturated carbocycles. The van der Waals surface area contributed by atoms with Gasteiger partial charge in [-0.05, 0) is 24.6 Å². The van der Waals surface area contributed by atoms with Gasteiger partial charge in [0, 0.05) is 18.9 Å². The van der Waals surface area contributed by atoms with E-state index in [0.717, 1.165) is 18.0 Å². The first-order chi connectivity index (χ1) is 8.58. The number of aromatic amines is 1. The Hall–Kier alpha value is -1.82. The van der Waals surface area contributed by atoms with E-state index in [1.54, 1.807) is 12.4 Å². The second kappa shape index (κ2) is 5.22. The molecule has 1 heterocycles. The van der Waals surface area contributed by atoms with Crippen LogP contribution in [0, 0.1) is 17.5 Å². The van der Waals surface area contributed by atoms with Gasteiger partial charge in [-0.2, -0.15) is 0 Å². The normalized spacial score (nSPS) is 12.7. The fraction of sp³-hybridized carbons (Fsp3) is 0.250. The topological polar surface area (TPSA) is 40.7 Å². The molecule has 1 unspecified atom stereocenters. The molecule has 1 aromatic heterocycles. The molecule has 1 atom stereocenters. The fourth-order valence-electron chi connectivity index (χ4n) is 1.59. The lowest BCUT2D eigenvalue weighted by Gasteiger charge is -2.11. The van der Waals surface area contributed by atoms with Crippen LogP contribution in [0.25, 0.3) is 0 Å². The molecular weight excluding hydrogens is 243 g/mol. The molecule has 0 bridgehead atoms. The minimum atomic E-state index is -1.45. The highest BCUT2D eigenvalue weighted by molar-refractivity contribution is 5.19. The number of hydrogen-bond donors (Lipinski definition) is 2. The summed E-state index contributed by atoms with van der Waals surface area (Å²) in [4.78, 5) is 6.97. The predicted molar refractivity (Wildman–Crippen MR) is 60.2 cm³/mol. The molecule has 0 amide bonds. The summed E-state index contributed by atoms with van der Waals surface area (Å²) in [5.41, 5.74) is 0.338. The van der Waals surface area contributed by atoms with Crippen molar-refractivity contribution in [1.82, 2.24) is 15.3 Å². The second-order valence-corrected chi connectivity index (χ2v) is 3.95. The highest BCUT2D eigenvalue weighted by Crippen LogP contribution is 2.14. The minimum Gasteiger partial charge on any atom is -0.347 e. The summed E-state index contributed by atoms with van der Waals surface area (Å²) in [7, 11) is 0. The zero-order chi connectivity index (χ0) is 13.1. The molecule has 2 aromatic rings. The van der Waals surface area contributed by atoms with E-state index in [1.165, 1.54) is 0 Å². The molecule has 3 nitrogen and oxygen atoms in total. The third-order valence-corrected chi connectivity index (χ3v) is 2.59. The van der Waals surface area contributed by atoms with Gasteiger partial charge in [-0.15, -0.1) is 0 Å². The maximum Gasteiger partial charge on any atom is 0.194 e. The fourth-order valence-corrected chi connectivity index (χ4v) is 1.59. The van der Waals surface area contributed by atoms with Gasteiger partial charge < -0.3 is 10.3 Å². The van der Waals surface area contributed by atoms with Crippen LogP contribution in [0.1, 0.15) is 24.4 Å². The lowest BCUT2D eigenvalue weighted by atomic mass is 10.2. The van der Waals surface area contributed by atoms with Crippen LogP contribution in [0.4, 0.5) is 13.2 Å². The van der Waals surface area contributed by atoms with Crippen molar-refractivity contribution in [3.63, 3.8) is 0 Å². The molecule has 0 aliphatic rings. The number of halogens is 3. The van der Waals surface area contributed by atoms with Crippen LogP contribution in [0.3, 0.4) is 0 Å². The van der Waals surface area contributed by atoms with Crippen molar-refractivity contribution in [2.75, 3.05) is 0 Å². The lowest BCUT2D eigenvalue weighted by molar-refractivity contribution is 0.443. The van der Waals surface area contributed by atoms with Crippen LogP contribution in [0.15, 0.2) is 24.5 Å². The third-order valence-electron chi connectivity index (χ3n) is 2.59. The zero-order valence-corrected chi connectivity index (χ0v) is 9.67. The Kier molecular flexibility index (Phi) is 3.66. The Labute approximate surface area is 102 Å². The van der Waals surface area contributed by atoms with E-state index in [2.05, 4.69) is 15.3 Å². The summed E-state index contributed by atoms with van der Waals surface area (Å²) >= 11 is 0. The highest BCUT2D eigenvalue weighted by atomic mass is 19.2. The first-order valence-corrected chi connectivity index (χ1v) is 5.44. The van der Waals surface area contributed by atoms with Gasteiger partial charge in [0.25, 0.3) is 0 Å². The number of H-pyrrole nitrogens is 1. The van der Waals surface area contributed by atoms with E-state index >= 15 is 0 Å². The zero-order valence-electron chi connectivity index (χ0n) is 9.67. The van der Waals surface area contributed by atoms with Gasteiger partial charge in [0.05, 0.1) is 6.04 Å². The molecule has 2 N–H and O–H groups in total. The van der Waals surface area contributed by atoms with E-state index in [1.807, 2.05) is 6.92 Å². The predicted octanol–water partition coefficient (Wildman–Crippen LogP) is 2.68. The average Bonchev–Trinajstić information content (AvgIpc) is 2.86. The summed E-state index contributed by atoms with van der Waals surface area (Å²) in [6.07, 6.45) is 3.30. The van der Waals surface area contributed by atoms with Gasteiger partial charge in [-0.3, -0.25) is 0 Å². The third kappa shape index (κ3) is 2.70. The number of imidazole rings is 1. The molecule has 6 heteroatoms. The van der Waals surface area contributed by atoms with Crippen LogP contribution in [0.5, 0.6) is 0 Å². The maximum atomic E-state index is 13.0. The standard InChI is InChI=1S/C12H12F3N3/c1-7(12-16-2-3-17-12)18-6-8-4-9(13)11(15)10(14)5-8/h2-5,7,18H,6H2,1H3,(H,16,17). The van der Waals surface area contributed by atoms with Crippen molar-refractivity contribution in [2.45, 2.75) is 19.5 Å². The number of aromatic nitrogens is 2. The Bertz CT molecular complexity index is 502. The summed E-state index contributed by atoms with van der Waals surface area (Å²) in [6, 6.07) is 1.84. The van der Waals surface area contributed by atoms with Crippen molar-refractivity contribution in [1.29, 1.82) is 0 Å². The van der Waals surface area contributed by atoms with Crippen molar-refractivity contribution in [3.8, 4) is 0 Å². The monoisotopic (exact) mass is 255 g/mol. The van der Waals surface area contributed by atoms with Crippen molar-refractivity contribution < 1.29 is 13.2 Å². The van der Waals surface area contributed by atoms with Crippen molar-refractivity contribution in [3.05, 3.63) is 53.4 Å². The van der Waals surface area contributed by atoms with Gasteiger partial charge in [-0.25, -0.2) is 18.2 Å². The molecule has 96 valence electrons. The first-order valence-electron chi connectivity index (χ1n) is 5.44. The molecule has 0 aliphatic heterocycles. The molecular formula is C12H12F3N3. The van der Waals surface area contributed by atoms with Gasteiger partial charge in [0.1, 0.15) is 5.82 Å². The average molecular weight is 255 g/mol. The SMILES string of the molecule is CC(NCc1cc(F)c(F)c(F)c1)c1ncc[nH]1. The van der Waals surface area contributed by atoms with E-state index in [-0.39, 0.29) is 12.6 Å². The van der Waals surface area contributed by atoms with Crippen LogP contribution in [-0.4, -0.2) is 9.97 Å². The number of nitrogens with zero attached hydrogens (tertiary/aromatic N) is 1. The summed E-state index contributed by atoms with van der Waals surface area (Å²) in [5.74, 6) is -3.09. The largest absolute Gasteiger partial charge is 0.347 e. The Morgan fingerprint density at radius 2 is 1.94 bits per heavy atom. The molecule has 0 saturated heterocycles. The van der Waals surface area contributed by atoms with Gasteiger partial charge >= 0.3 is 0 Å². The lowest BCUT2D eigenvalue weighted by Crippen LogP contribution is -2.19. The molecule has 18 heavy (non-hydrogen) atoms. The minimum absolute atomic E-state index is 0.101. The Balaban J connectivity index is 2.02. The summed E-state index contributed by atoms with van der Waals surface area (Å²) < 4.78 is 38.7. The smallest absolute Gasteiger partial charge is 0.194 e. The molecule has 2 rings (SSSR count). The second-order valence-electron chi connectivity index (χ2n) is 3.95.